The van der Waals surface area contributed by atoms with Crippen LogP contribution in [-0.4, -0.2) is 40.5 Å². The summed E-state index contributed by atoms with van der Waals surface area (Å²) in [5, 5.41) is 0. The first kappa shape index (κ1) is 12.2. The van der Waals surface area contributed by atoms with Crippen LogP contribution in [-0.2, 0) is 11.3 Å². The number of esters is 1. The number of carbonyl (C=O) groups is 1. The van der Waals surface area contributed by atoms with E-state index in [0.717, 1.165) is 31.0 Å². The quantitative estimate of drug-likeness (QED) is 0.787. The van der Waals surface area contributed by atoms with Gasteiger partial charge in [0.1, 0.15) is 11.3 Å². The minimum absolute atomic E-state index is 0.328. The minimum Gasteiger partial charge on any atom is -0.464 e. The molecular formula is C14H17N3O2. The molecule has 0 amide bonds. The lowest BCUT2D eigenvalue weighted by Gasteiger charge is -2.15. The largest absolute Gasteiger partial charge is 0.464 e. The normalized spacial score (nSPS) is 16.1. The fraction of sp³-hybridized carbons (Fsp3) is 0.429. The maximum Gasteiger partial charge on any atom is 0.355 e. The molecule has 0 saturated carbocycles. The number of hydrogen-bond acceptors (Lipinski definition) is 4. The highest BCUT2D eigenvalue weighted by molar-refractivity contribution is 5.88. The fourth-order valence-electron chi connectivity index (χ4n) is 2.64. The highest BCUT2D eigenvalue weighted by Crippen LogP contribution is 2.16. The molecule has 100 valence electrons. The van der Waals surface area contributed by atoms with Gasteiger partial charge in [-0.25, -0.2) is 9.78 Å². The average molecular weight is 259 g/mol. The summed E-state index contributed by atoms with van der Waals surface area (Å²) in [6.45, 7) is 3.07. The number of ether oxygens (including phenoxy) is 1. The van der Waals surface area contributed by atoms with Crippen molar-refractivity contribution in [2.75, 3.05) is 20.2 Å². The molecular weight excluding hydrogens is 242 g/mol. The van der Waals surface area contributed by atoms with Crippen molar-refractivity contribution >= 4 is 11.6 Å². The van der Waals surface area contributed by atoms with Crippen LogP contribution in [0.1, 0.15) is 29.0 Å². The molecule has 3 heterocycles. The Morgan fingerprint density at radius 1 is 1.37 bits per heavy atom. The van der Waals surface area contributed by atoms with Crippen molar-refractivity contribution in [3.63, 3.8) is 0 Å². The van der Waals surface area contributed by atoms with E-state index in [2.05, 4.69) is 9.88 Å². The predicted molar refractivity (Wildman–Crippen MR) is 71.0 cm³/mol. The number of hydrogen-bond donors (Lipinski definition) is 0. The van der Waals surface area contributed by atoms with Gasteiger partial charge in [-0.15, -0.1) is 0 Å². The first-order valence-corrected chi connectivity index (χ1v) is 6.55. The molecule has 2 aromatic heterocycles. The molecule has 0 atom stereocenters. The molecule has 0 bridgehead atoms. The summed E-state index contributed by atoms with van der Waals surface area (Å²) in [5.74, 6) is -0.328. The van der Waals surface area contributed by atoms with E-state index in [-0.39, 0.29) is 5.97 Å². The van der Waals surface area contributed by atoms with E-state index < -0.39 is 0 Å². The molecule has 0 radical (unpaired) electrons. The van der Waals surface area contributed by atoms with E-state index in [4.69, 9.17) is 4.74 Å². The first-order valence-electron chi connectivity index (χ1n) is 6.55. The molecule has 0 aromatic carbocycles. The van der Waals surface area contributed by atoms with Crippen LogP contribution >= 0.6 is 0 Å². The van der Waals surface area contributed by atoms with Gasteiger partial charge in [-0.2, -0.15) is 0 Å². The smallest absolute Gasteiger partial charge is 0.355 e. The summed E-state index contributed by atoms with van der Waals surface area (Å²) in [4.78, 5) is 18.6. The molecule has 19 heavy (non-hydrogen) atoms. The van der Waals surface area contributed by atoms with E-state index in [1.165, 1.54) is 20.0 Å². The van der Waals surface area contributed by atoms with Crippen LogP contribution in [0.5, 0.6) is 0 Å². The third-order valence-corrected chi connectivity index (χ3v) is 3.58. The number of likely N-dealkylation sites (tertiary alicyclic amines) is 1. The second-order valence-corrected chi connectivity index (χ2v) is 4.83. The van der Waals surface area contributed by atoms with Crippen LogP contribution in [0, 0.1) is 0 Å². The Labute approximate surface area is 111 Å². The highest BCUT2D eigenvalue weighted by Gasteiger charge is 2.17. The second-order valence-electron chi connectivity index (χ2n) is 4.83. The molecule has 0 spiro atoms. The molecule has 5 nitrogen and oxygen atoms in total. The van der Waals surface area contributed by atoms with Crippen LogP contribution in [0.4, 0.5) is 0 Å². The molecule has 0 unspecified atom stereocenters. The summed E-state index contributed by atoms with van der Waals surface area (Å²) in [5.41, 5.74) is 2.36. The summed E-state index contributed by atoms with van der Waals surface area (Å²) in [7, 11) is 1.40. The van der Waals surface area contributed by atoms with Crippen LogP contribution in [0.15, 0.2) is 24.4 Å². The van der Waals surface area contributed by atoms with Gasteiger partial charge >= 0.3 is 5.97 Å². The maximum atomic E-state index is 11.8. The third-order valence-electron chi connectivity index (χ3n) is 3.58. The molecule has 1 fully saturated rings. The number of nitrogens with zero attached hydrogens (tertiary/aromatic N) is 3. The summed E-state index contributed by atoms with van der Waals surface area (Å²) < 4.78 is 6.73. The Morgan fingerprint density at radius 3 is 2.89 bits per heavy atom. The molecule has 1 aliphatic heterocycles. The SMILES string of the molecule is COC(=O)c1cccc2ncc(CN3CCCC3)n12. The zero-order valence-corrected chi connectivity index (χ0v) is 11.0. The van der Waals surface area contributed by atoms with E-state index in [9.17, 15) is 4.79 Å². The molecule has 1 aliphatic rings. The second kappa shape index (κ2) is 5.01. The van der Waals surface area contributed by atoms with Gasteiger partial charge in [0, 0.05) is 6.54 Å². The van der Waals surface area contributed by atoms with Crippen molar-refractivity contribution in [3.05, 3.63) is 35.8 Å². The summed E-state index contributed by atoms with van der Waals surface area (Å²) in [6, 6.07) is 5.50. The Bertz CT molecular complexity index is 600. The number of aromatic nitrogens is 2. The number of imidazole rings is 1. The Kier molecular flexibility index (Phi) is 3.21. The van der Waals surface area contributed by atoms with Gasteiger partial charge in [0.15, 0.2) is 0 Å². The van der Waals surface area contributed by atoms with Gasteiger partial charge in [0.2, 0.25) is 0 Å². The van der Waals surface area contributed by atoms with Gasteiger partial charge in [0.25, 0.3) is 0 Å². The molecule has 3 rings (SSSR count). The van der Waals surface area contributed by atoms with Crippen LogP contribution < -0.4 is 0 Å². The standard InChI is InChI=1S/C14H17N3O2/c1-19-14(18)12-5-4-6-13-15-9-11(17(12)13)10-16-7-2-3-8-16/h4-6,9H,2-3,7-8,10H2,1H3. The van der Waals surface area contributed by atoms with E-state index in [0.29, 0.717) is 5.69 Å². The van der Waals surface area contributed by atoms with Crippen molar-refractivity contribution in [1.82, 2.24) is 14.3 Å². The Hall–Kier alpha value is -1.88. The molecule has 5 heteroatoms. The lowest BCUT2D eigenvalue weighted by atomic mass is 10.3. The number of fused-ring (bicyclic) bond motifs is 1. The van der Waals surface area contributed by atoms with Gasteiger partial charge in [0.05, 0.1) is 19.0 Å². The van der Waals surface area contributed by atoms with Crippen LogP contribution in [0.25, 0.3) is 5.65 Å². The maximum absolute atomic E-state index is 11.8. The number of carbonyl (C=O) groups excluding carboxylic acids is 1. The molecule has 1 saturated heterocycles. The van der Waals surface area contributed by atoms with Gasteiger partial charge < -0.3 is 4.74 Å². The Balaban J connectivity index is 2.01. The van der Waals surface area contributed by atoms with Gasteiger partial charge in [-0.3, -0.25) is 9.30 Å². The van der Waals surface area contributed by atoms with Crippen molar-refractivity contribution in [2.24, 2.45) is 0 Å². The molecule has 0 aliphatic carbocycles. The predicted octanol–water partition coefficient (Wildman–Crippen LogP) is 1.72. The topological polar surface area (TPSA) is 46.8 Å². The zero-order valence-electron chi connectivity index (χ0n) is 11.0. The van der Waals surface area contributed by atoms with Crippen molar-refractivity contribution in [2.45, 2.75) is 19.4 Å². The summed E-state index contributed by atoms with van der Waals surface area (Å²) >= 11 is 0. The van der Waals surface area contributed by atoms with Crippen molar-refractivity contribution < 1.29 is 9.53 Å². The number of rotatable bonds is 3. The van der Waals surface area contributed by atoms with Crippen LogP contribution in [0.3, 0.4) is 0 Å². The lowest BCUT2D eigenvalue weighted by Crippen LogP contribution is -2.20. The summed E-state index contributed by atoms with van der Waals surface area (Å²) in [6.07, 6.45) is 4.35. The third kappa shape index (κ3) is 2.21. The number of methoxy groups -OCH3 is 1. The lowest BCUT2D eigenvalue weighted by molar-refractivity contribution is 0.0591. The van der Waals surface area contributed by atoms with E-state index in [1.807, 2.05) is 22.7 Å². The zero-order chi connectivity index (χ0) is 13.2. The van der Waals surface area contributed by atoms with Crippen LogP contribution in [0.2, 0.25) is 0 Å². The average Bonchev–Trinajstić information content (AvgIpc) is 3.08. The highest BCUT2D eigenvalue weighted by atomic mass is 16.5. The van der Waals surface area contributed by atoms with E-state index in [1.54, 1.807) is 6.07 Å². The van der Waals surface area contributed by atoms with E-state index >= 15 is 0 Å². The van der Waals surface area contributed by atoms with Gasteiger partial charge in [-0.1, -0.05) is 6.07 Å². The van der Waals surface area contributed by atoms with Crippen molar-refractivity contribution in [1.29, 1.82) is 0 Å². The first-order chi connectivity index (χ1) is 9.29. The minimum atomic E-state index is -0.328. The fourth-order valence-corrected chi connectivity index (χ4v) is 2.64. The Morgan fingerprint density at radius 2 is 2.16 bits per heavy atom. The monoisotopic (exact) mass is 259 g/mol. The van der Waals surface area contributed by atoms with Crippen molar-refractivity contribution in [3.8, 4) is 0 Å². The molecule has 2 aromatic rings. The number of pyridine rings is 1. The molecule has 0 N–H and O–H groups in total. The van der Waals surface area contributed by atoms with Gasteiger partial charge in [-0.05, 0) is 38.1 Å².